The molecule has 1 amide bonds. The summed E-state index contributed by atoms with van der Waals surface area (Å²) >= 11 is 7.39. The SMILES string of the molecule is C#CCOc1c(I)cc(/C=C2\NC(=S)N(CCC)C2=O)cc1OCC. The second-order valence-corrected chi connectivity index (χ2v) is 6.75. The Morgan fingerprint density at radius 2 is 2.16 bits per heavy atom. The smallest absolute Gasteiger partial charge is 0.276 e. The first-order valence-corrected chi connectivity index (χ1v) is 9.37. The van der Waals surface area contributed by atoms with Crippen molar-refractivity contribution in [3.63, 3.8) is 0 Å². The van der Waals surface area contributed by atoms with E-state index in [1.807, 2.05) is 26.0 Å². The van der Waals surface area contributed by atoms with E-state index in [1.165, 1.54) is 0 Å². The first-order chi connectivity index (χ1) is 12.0. The molecule has 1 heterocycles. The molecular formula is C18H19IN2O3S. The number of halogens is 1. The van der Waals surface area contributed by atoms with Gasteiger partial charge in [0, 0.05) is 6.54 Å². The van der Waals surface area contributed by atoms with E-state index < -0.39 is 0 Å². The van der Waals surface area contributed by atoms with Gasteiger partial charge in [-0.1, -0.05) is 12.8 Å². The Morgan fingerprint density at radius 1 is 1.40 bits per heavy atom. The molecule has 0 aliphatic carbocycles. The van der Waals surface area contributed by atoms with Gasteiger partial charge in [0.2, 0.25) is 0 Å². The lowest BCUT2D eigenvalue weighted by molar-refractivity contribution is -0.122. The van der Waals surface area contributed by atoms with Crippen LogP contribution in [0.15, 0.2) is 17.8 Å². The first kappa shape index (κ1) is 19.5. The molecule has 0 saturated carbocycles. The van der Waals surface area contributed by atoms with E-state index in [-0.39, 0.29) is 12.5 Å². The van der Waals surface area contributed by atoms with E-state index in [2.05, 4.69) is 33.8 Å². The zero-order valence-corrected chi connectivity index (χ0v) is 17.1. The number of hydrogen-bond acceptors (Lipinski definition) is 4. The van der Waals surface area contributed by atoms with Crippen LogP contribution in [0.1, 0.15) is 25.8 Å². The second-order valence-electron chi connectivity index (χ2n) is 5.20. The van der Waals surface area contributed by atoms with Crippen molar-refractivity contribution in [3.8, 4) is 23.8 Å². The molecule has 0 unspecified atom stereocenters. The van der Waals surface area contributed by atoms with E-state index in [0.717, 1.165) is 15.6 Å². The Kier molecular flexibility index (Phi) is 7.08. The highest BCUT2D eigenvalue weighted by molar-refractivity contribution is 14.1. The molecule has 0 spiro atoms. The van der Waals surface area contributed by atoms with E-state index in [0.29, 0.717) is 35.5 Å². The Morgan fingerprint density at radius 3 is 2.80 bits per heavy atom. The van der Waals surface area contributed by atoms with Gasteiger partial charge in [0.15, 0.2) is 16.6 Å². The average molecular weight is 470 g/mol. The van der Waals surface area contributed by atoms with Crippen LogP contribution in [0.2, 0.25) is 0 Å². The summed E-state index contributed by atoms with van der Waals surface area (Å²) in [4.78, 5) is 14.0. The van der Waals surface area contributed by atoms with E-state index in [4.69, 9.17) is 28.1 Å². The molecule has 0 radical (unpaired) electrons. The molecule has 1 aromatic rings. The average Bonchev–Trinajstić information content (AvgIpc) is 2.82. The molecule has 7 heteroatoms. The van der Waals surface area contributed by atoms with E-state index in [9.17, 15) is 4.79 Å². The molecule has 1 saturated heterocycles. The van der Waals surface area contributed by atoms with Gasteiger partial charge in [-0.05, 0) is 71.9 Å². The molecule has 132 valence electrons. The monoisotopic (exact) mass is 470 g/mol. The maximum absolute atomic E-state index is 12.4. The van der Waals surface area contributed by atoms with Crippen LogP contribution in [-0.2, 0) is 4.79 Å². The number of carbonyl (C=O) groups is 1. The number of nitrogens with zero attached hydrogens (tertiary/aromatic N) is 1. The number of amides is 1. The topological polar surface area (TPSA) is 50.8 Å². The number of benzene rings is 1. The largest absolute Gasteiger partial charge is 0.490 e. The van der Waals surface area contributed by atoms with Gasteiger partial charge in [-0.2, -0.15) is 0 Å². The summed E-state index contributed by atoms with van der Waals surface area (Å²) in [5, 5.41) is 3.41. The van der Waals surface area contributed by atoms with Crippen molar-refractivity contribution in [2.24, 2.45) is 0 Å². The minimum atomic E-state index is -0.118. The minimum Gasteiger partial charge on any atom is -0.490 e. The zero-order chi connectivity index (χ0) is 18.4. The molecule has 5 nitrogen and oxygen atoms in total. The molecule has 2 rings (SSSR count). The van der Waals surface area contributed by atoms with Gasteiger partial charge >= 0.3 is 0 Å². The molecule has 1 fully saturated rings. The summed E-state index contributed by atoms with van der Waals surface area (Å²) < 4.78 is 12.1. The molecular weight excluding hydrogens is 451 g/mol. The quantitative estimate of drug-likeness (QED) is 0.287. The summed E-state index contributed by atoms with van der Waals surface area (Å²) in [6.45, 7) is 5.16. The summed E-state index contributed by atoms with van der Waals surface area (Å²) in [6.07, 6.45) is 7.87. The van der Waals surface area contributed by atoms with Crippen LogP contribution in [0.4, 0.5) is 0 Å². The lowest BCUT2D eigenvalue weighted by Crippen LogP contribution is -2.31. The fourth-order valence-corrected chi connectivity index (χ4v) is 3.42. The third-order valence-electron chi connectivity index (χ3n) is 3.35. The number of hydrogen-bond donors (Lipinski definition) is 1. The van der Waals surface area contributed by atoms with Crippen LogP contribution >= 0.6 is 34.8 Å². The Labute approximate surface area is 166 Å². The van der Waals surface area contributed by atoms with Crippen LogP contribution < -0.4 is 14.8 Å². The Hall–Kier alpha value is -1.79. The van der Waals surface area contributed by atoms with Crippen molar-refractivity contribution in [2.75, 3.05) is 19.8 Å². The summed E-state index contributed by atoms with van der Waals surface area (Å²) in [5.41, 5.74) is 1.27. The summed E-state index contributed by atoms with van der Waals surface area (Å²) in [6, 6.07) is 3.73. The predicted octanol–water partition coefficient (Wildman–Crippen LogP) is 3.17. The van der Waals surface area contributed by atoms with Crippen LogP contribution in [-0.4, -0.2) is 35.7 Å². The van der Waals surface area contributed by atoms with Crippen molar-refractivity contribution in [2.45, 2.75) is 20.3 Å². The van der Waals surface area contributed by atoms with Crippen molar-refractivity contribution in [1.29, 1.82) is 0 Å². The first-order valence-electron chi connectivity index (χ1n) is 7.88. The van der Waals surface area contributed by atoms with Crippen molar-refractivity contribution in [3.05, 3.63) is 27.0 Å². The van der Waals surface area contributed by atoms with Gasteiger partial charge in [-0.25, -0.2) is 0 Å². The summed E-state index contributed by atoms with van der Waals surface area (Å²) in [7, 11) is 0. The number of carbonyl (C=O) groups excluding carboxylic acids is 1. The second kappa shape index (κ2) is 9.06. The molecule has 0 atom stereocenters. The van der Waals surface area contributed by atoms with Gasteiger partial charge in [0.25, 0.3) is 5.91 Å². The number of rotatable bonds is 7. The molecule has 1 aliphatic rings. The highest BCUT2D eigenvalue weighted by atomic mass is 127. The lowest BCUT2D eigenvalue weighted by Gasteiger charge is -2.13. The van der Waals surface area contributed by atoms with Crippen molar-refractivity contribution in [1.82, 2.24) is 10.2 Å². The predicted molar refractivity (Wildman–Crippen MR) is 110 cm³/mol. The van der Waals surface area contributed by atoms with Gasteiger partial charge in [-0.15, -0.1) is 6.42 Å². The van der Waals surface area contributed by atoms with Crippen molar-refractivity contribution >= 4 is 51.9 Å². The number of thiocarbonyl (C=S) groups is 1. The van der Waals surface area contributed by atoms with Crippen LogP contribution in [0.25, 0.3) is 6.08 Å². The third kappa shape index (κ3) is 4.64. The molecule has 1 N–H and O–H groups in total. The molecule has 0 bridgehead atoms. The Bertz CT molecular complexity index is 755. The molecule has 0 aromatic heterocycles. The van der Waals surface area contributed by atoms with Crippen molar-refractivity contribution < 1.29 is 14.3 Å². The number of nitrogens with one attached hydrogen (secondary N) is 1. The standard InChI is InChI=1S/C18H19IN2O3S/c1-4-7-21-17(22)14(20-18(21)25)10-12-9-13(19)16(24-8-5-2)15(11-12)23-6-3/h2,9-11H,4,6-8H2,1,3H3,(H,20,25)/b14-10-. The third-order valence-corrected chi connectivity index (χ3v) is 4.48. The Balaban J connectivity index is 2.35. The van der Waals surface area contributed by atoms with Gasteiger partial charge in [0.1, 0.15) is 12.3 Å². The maximum atomic E-state index is 12.4. The van der Waals surface area contributed by atoms with Crippen LogP contribution in [0, 0.1) is 15.9 Å². The maximum Gasteiger partial charge on any atom is 0.276 e. The van der Waals surface area contributed by atoms with Gasteiger partial charge < -0.3 is 14.8 Å². The summed E-state index contributed by atoms with van der Waals surface area (Å²) in [5.74, 6) is 3.53. The van der Waals surface area contributed by atoms with Gasteiger partial charge in [-0.3, -0.25) is 9.69 Å². The van der Waals surface area contributed by atoms with Crippen LogP contribution in [0.3, 0.4) is 0 Å². The molecule has 25 heavy (non-hydrogen) atoms. The number of terminal acetylenes is 1. The highest BCUT2D eigenvalue weighted by Gasteiger charge is 2.29. The lowest BCUT2D eigenvalue weighted by atomic mass is 10.1. The fraction of sp³-hybridized carbons (Fsp3) is 0.333. The molecule has 1 aliphatic heterocycles. The fourth-order valence-electron chi connectivity index (χ4n) is 2.35. The highest BCUT2D eigenvalue weighted by Crippen LogP contribution is 2.35. The normalized spacial score (nSPS) is 15.3. The molecule has 1 aromatic carbocycles. The van der Waals surface area contributed by atoms with E-state index in [1.54, 1.807) is 11.0 Å². The minimum absolute atomic E-state index is 0.118. The van der Waals surface area contributed by atoms with Gasteiger partial charge in [0.05, 0.1) is 10.2 Å². The van der Waals surface area contributed by atoms with E-state index >= 15 is 0 Å². The van der Waals surface area contributed by atoms with Crippen LogP contribution in [0.5, 0.6) is 11.5 Å². The zero-order valence-electron chi connectivity index (χ0n) is 14.1. The number of ether oxygens (including phenoxy) is 2.